The summed E-state index contributed by atoms with van der Waals surface area (Å²) in [4.78, 5) is 25.9. The van der Waals surface area contributed by atoms with E-state index in [0.717, 1.165) is 22.7 Å². The molecule has 0 N–H and O–H groups in total. The van der Waals surface area contributed by atoms with E-state index < -0.39 is 28.6 Å². The number of rotatable bonds is 6. The van der Waals surface area contributed by atoms with Crippen LogP contribution < -0.4 is 0 Å². The average molecular weight is 368 g/mol. The maximum atomic E-state index is 12.5. The Bertz CT molecular complexity index is 724. The van der Waals surface area contributed by atoms with Crippen molar-refractivity contribution in [2.24, 2.45) is 0 Å². The van der Waals surface area contributed by atoms with Crippen LogP contribution in [-0.2, 0) is 24.3 Å². The van der Waals surface area contributed by atoms with Gasteiger partial charge in [0, 0.05) is 20.1 Å². The van der Waals surface area contributed by atoms with Crippen LogP contribution in [0.4, 0.5) is 0 Å². The third-order valence-electron chi connectivity index (χ3n) is 4.15. The molecule has 1 aromatic carbocycles. The number of ether oxygens (including phenoxy) is 1. The molecule has 25 heavy (non-hydrogen) atoms. The molecule has 1 amide bonds. The maximum Gasteiger partial charge on any atom is 0.322 e. The van der Waals surface area contributed by atoms with Crippen molar-refractivity contribution in [2.45, 2.75) is 37.7 Å². The molecule has 0 radical (unpaired) electrons. The fourth-order valence-corrected chi connectivity index (χ4v) is 3.75. The molecule has 1 aliphatic rings. The molecule has 0 spiro atoms. The molecule has 1 aromatic rings. The summed E-state index contributed by atoms with van der Waals surface area (Å²) >= 11 is 0. The first kappa shape index (κ1) is 19.4. The Kier molecular flexibility index (Phi) is 6.18. The zero-order valence-corrected chi connectivity index (χ0v) is 15.6. The van der Waals surface area contributed by atoms with E-state index in [-0.39, 0.29) is 10.8 Å². The highest BCUT2D eigenvalue weighted by Gasteiger charge is 2.28. The first-order chi connectivity index (χ1) is 11.7. The highest BCUT2D eigenvalue weighted by molar-refractivity contribution is 7.89. The van der Waals surface area contributed by atoms with Crippen LogP contribution in [0.2, 0.25) is 0 Å². The van der Waals surface area contributed by atoms with Crippen molar-refractivity contribution in [1.29, 1.82) is 0 Å². The average Bonchev–Trinajstić information content (AvgIpc) is 3.08. The lowest BCUT2D eigenvalue weighted by molar-refractivity contribution is -0.158. The van der Waals surface area contributed by atoms with Gasteiger partial charge in [-0.3, -0.25) is 9.59 Å². The highest BCUT2D eigenvalue weighted by Crippen LogP contribution is 2.15. The van der Waals surface area contributed by atoms with Crippen molar-refractivity contribution in [2.75, 3.05) is 26.7 Å². The molecule has 8 heteroatoms. The van der Waals surface area contributed by atoms with E-state index in [1.807, 2.05) is 6.92 Å². The lowest BCUT2D eigenvalue weighted by Gasteiger charge is -2.22. The van der Waals surface area contributed by atoms with Gasteiger partial charge in [-0.15, -0.1) is 0 Å². The molecule has 0 aliphatic carbocycles. The minimum Gasteiger partial charge on any atom is -0.452 e. The molecule has 2 rings (SSSR count). The number of benzene rings is 1. The predicted octanol–water partition coefficient (Wildman–Crippen LogP) is 1.17. The number of sulfonamides is 1. The van der Waals surface area contributed by atoms with Gasteiger partial charge >= 0.3 is 5.97 Å². The Morgan fingerprint density at radius 1 is 1.20 bits per heavy atom. The van der Waals surface area contributed by atoms with Crippen LogP contribution in [0, 0.1) is 6.92 Å². The largest absolute Gasteiger partial charge is 0.452 e. The summed E-state index contributed by atoms with van der Waals surface area (Å²) in [7, 11) is -2.48. The number of hydrogen-bond acceptors (Lipinski definition) is 5. The Morgan fingerprint density at radius 3 is 2.32 bits per heavy atom. The zero-order valence-electron chi connectivity index (χ0n) is 14.8. The number of esters is 1. The number of likely N-dealkylation sites (tertiary alicyclic amines) is 1. The van der Waals surface area contributed by atoms with Gasteiger partial charge in [-0.1, -0.05) is 17.7 Å². The van der Waals surface area contributed by atoms with Gasteiger partial charge in [0.2, 0.25) is 10.0 Å². The second-order valence-electron chi connectivity index (χ2n) is 6.24. The number of aryl methyl sites for hydroxylation is 1. The third-order valence-corrected chi connectivity index (χ3v) is 5.97. The molecule has 0 aromatic heterocycles. The van der Waals surface area contributed by atoms with E-state index in [0.29, 0.717) is 13.1 Å². The molecule has 1 saturated heterocycles. The number of amides is 1. The lowest BCUT2D eigenvalue weighted by Crippen LogP contribution is -2.40. The van der Waals surface area contributed by atoms with Crippen molar-refractivity contribution >= 4 is 21.9 Å². The second-order valence-corrected chi connectivity index (χ2v) is 8.28. The molecule has 0 saturated carbocycles. The summed E-state index contributed by atoms with van der Waals surface area (Å²) in [6.45, 7) is 4.25. The summed E-state index contributed by atoms with van der Waals surface area (Å²) in [5.74, 6) is -0.992. The first-order valence-electron chi connectivity index (χ1n) is 8.23. The molecular formula is C17H24N2O5S. The number of likely N-dealkylation sites (N-methyl/N-ethyl adjacent to an activating group) is 1. The Balaban J connectivity index is 1.94. The molecule has 7 nitrogen and oxygen atoms in total. The van der Waals surface area contributed by atoms with Crippen molar-refractivity contribution in [1.82, 2.24) is 9.21 Å². The highest BCUT2D eigenvalue weighted by atomic mass is 32.2. The Hall–Kier alpha value is -1.93. The van der Waals surface area contributed by atoms with Crippen LogP contribution in [0.15, 0.2) is 29.2 Å². The number of hydrogen-bond donors (Lipinski definition) is 0. The topological polar surface area (TPSA) is 84.0 Å². The molecule has 1 atom stereocenters. The van der Waals surface area contributed by atoms with Crippen molar-refractivity contribution in [3.8, 4) is 0 Å². The molecule has 0 bridgehead atoms. The van der Waals surface area contributed by atoms with Gasteiger partial charge in [0.25, 0.3) is 5.91 Å². The van der Waals surface area contributed by atoms with Gasteiger partial charge in [0.05, 0.1) is 4.90 Å². The Labute approximate surface area is 148 Å². The number of carbonyl (C=O) groups is 2. The summed E-state index contributed by atoms with van der Waals surface area (Å²) in [6, 6.07) is 6.36. The fourth-order valence-electron chi connectivity index (χ4n) is 2.64. The number of carbonyl (C=O) groups excluding carboxylic acids is 2. The quantitative estimate of drug-likeness (QED) is 0.704. The SMILES string of the molecule is Cc1ccc(S(=O)(=O)N(C)CC(=O)O[C@@H](C)C(=O)N2CCCC2)cc1. The molecule has 1 aliphatic heterocycles. The maximum absolute atomic E-state index is 12.5. The van der Waals surface area contributed by atoms with Gasteiger partial charge in [-0.2, -0.15) is 4.31 Å². The minimum atomic E-state index is -3.79. The molecule has 1 fully saturated rings. The predicted molar refractivity (Wildman–Crippen MR) is 92.4 cm³/mol. The van der Waals surface area contributed by atoms with Gasteiger partial charge < -0.3 is 9.64 Å². The standard InChI is InChI=1S/C17H24N2O5S/c1-13-6-8-15(9-7-13)25(22,23)18(3)12-16(20)24-14(2)17(21)19-10-4-5-11-19/h6-9,14H,4-5,10-12H2,1-3H3/t14-/m0/s1. The van der Waals surface area contributed by atoms with E-state index in [1.54, 1.807) is 17.0 Å². The monoisotopic (exact) mass is 368 g/mol. The summed E-state index contributed by atoms with van der Waals surface area (Å²) in [5, 5.41) is 0. The van der Waals surface area contributed by atoms with Crippen LogP contribution in [0.5, 0.6) is 0 Å². The zero-order chi connectivity index (χ0) is 18.6. The van der Waals surface area contributed by atoms with Crippen molar-refractivity contribution in [3.05, 3.63) is 29.8 Å². The third kappa shape index (κ3) is 4.79. The van der Waals surface area contributed by atoms with Crippen LogP contribution in [0.25, 0.3) is 0 Å². The summed E-state index contributed by atoms with van der Waals surface area (Å²) in [6.07, 6.45) is 0.981. The van der Waals surface area contributed by atoms with Gasteiger partial charge in [0.1, 0.15) is 6.54 Å². The number of nitrogens with zero attached hydrogens (tertiary/aromatic N) is 2. The van der Waals surface area contributed by atoms with E-state index in [9.17, 15) is 18.0 Å². The second kappa shape index (κ2) is 7.97. The molecule has 1 heterocycles. The van der Waals surface area contributed by atoms with E-state index in [2.05, 4.69) is 0 Å². The minimum absolute atomic E-state index is 0.106. The summed E-state index contributed by atoms with van der Waals surface area (Å²) < 4.78 is 30.9. The Morgan fingerprint density at radius 2 is 1.76 bits per heavy atom. The van der Waals surface area contributed by atoms with Crippen LogP contribution in [-0.4, -0.2) is 62.3 Å². The lowest BCUT2D eigenvalue weighted by atomic mass is 10.2. The van der Waals surface area contributed by atoms with Gasteiger partial charge in [0.15, 0.2) is 6.10 Å². The normalized spacial score (nSPS) is 16.1. The molecular weight excluding hydrogens is 344 g/mol. The molecule has 138 valence electrons. The van der Waals surface area contributed by atoms with E-state index in [4.69, 9.17) is 4.74 Å². The van der Waals surface area contributed by atoms with Crippen LogP contribution in [0.3, 0.4) is 0 Å². The van der Waals surface area contributed by atoms with E-state index >= 15 is 0 Å². The van der Waals surface area contributed by atoms with Crippen molar-refractivity contribution in [3.63, 3.8) is 0 Å². The van der Waals surface area contributed by atoms with Gasteiger partial charge in [-0.25, -0.2) is 8.42 Å². The fraction of sp³-hybridized carbons (Fsp3) is 0.529. The van der Waals surface area contributed by atoms with E-state index in [1.165, 1.54) is 26.1 Å². The van der Waals surface area contributed by atoms with Gasteiger partial charge in [-0.05, 0) is 38.8 Å². The van der Waals surface area contributed by atoms with Crippen LogP contribution >= 0.6 is 0 Å². The van der Waals surface area contributed by atoms with Crippen LogP contribution in [0.1, 0.15) is 25.3 Å². The smallest absolute Gasteiger partial charge is 0.322 e. The van der Waals surface area contributed by atoms with Crippen molar-refractivity contribution < 1.29 is 22.7 Å². The first-order valence-corrected chi connectivity index (χ1v) is 9.67. The molecule has 0 unspecified atom stereocenters. The summed E-state index contributed by atoms with van der Waals surface area (Å²) in [5.41, 5.74) is 0.940.